The van der Waals surface area contributed by atoms with Gasteiger partial charge in [0.15, 0.2) is 6.10 Å². The third-order valence-corrected chi connectivity index (χ3v) is 6.62. The highest BCUT2D eigenvalue weighted by molar-refractivity contribution is 7.99. The topological polar surface area (TPSA) is 136 Å². The fraction of sp³-hybridized carbons (Fsp3) is 0.385. The second-order valence-corrected chi connectivity index (χ2v) is 10.7. The van der Waals surface area contributed by atoms with Crippen molar-refractivity contribution in [3.05, 3.63) is 71.3 Å². The third-order valence-electron chi connectivity index (χ3n) is 5.61. The van der Waals surface area contributed by atoms with E-state index in [1.807, 2.05) is 51.1 Å². The molecule has 2 aromatic rings. The van der Waals surface area contributed by atoms with Crippen molar-refractivity contribution in [1.29, 1.82) is 0 Å². The molecule has 192 valence electrons. The van der Waals surface area contributed by atoms with Crippen LogP contribution in [0.1, 0.15) is 47.1 Å². The van der Waals surface area contributed by atoms with E-state index in [0.29, 0.717) is 5.75 Å². The zero-order valence-electron chi connectivity index (χ0n) is 20.4. The number of hydrogen-bond donors (Lipinski definition) is 4. The second kappa shape index (κ2) is 11.6. The molecular formula is C26H31N3O6S. The predicted octanol–water partition coefficient (Wildman–Crippen LogP) is 1.90. The van der Waals surface area contributed by atoms with E-state index in [-0.39, 0.29) is 29.3 Å². The van der Waals surface area contributed by atoms with E-state index in [0.717, 1.165) is 5.56 Å². The number of carbonyl (C=O) groups excluding carboxylic acids is 3. The Hall–Kier alpha value is -3.37. The van der Waals surface area contributed by atoms with Crippen LogP contribution >= 0.6 is 11.8 Å². The smallest absolute Gasteiger partial charge is 0.335 e. The molecule has 0 bridgehead atoms. The van der Waals surface area contributed by atoms with Crippen molar-refractivity contribution in [1.82, 2.24) is 15.5 Å². The summed E-state index contributed by atoms with van der Waals surface area (Å²) in [5, 5.41) is 25.8. The monoisotopic (exact) mass is 513 g/mol. The highest BCUT2D eigenvalue weighted by atomic mass is 32.2. The molecule has 3 rings (SSSR count). The zero-order valence-corrected chi connectivity index (χ0v) is 21.2. The Morgan fingerprint density at radius 1 is 1.03 bits per heavy atom. The lowest BCUT2D eigenvalue weighted by atomic mass is 9.99. The first-order chi connectivity index (χ1) is 17.0. The molecule has 0 spiro atoms. The number of aromatic carboxylic acids is 1. The molecule has 0 unspecified atom stereocenters. The molecule has 1 heterocycles. The summed E-state index contributed by atoms with van der Waals surface area (Å²) >= 11 is 1.42. The van der Waals surface area contributed by atoms with Gasteiger partial charge < -0.3 is 25.7 Å². The van der Waals surface area contributed by atoms with Gasteiger partial charge in [0.25, 0.3) is 11.8 Å². The first kappa shape index (κ1) is 27.2. The molecule has 2 aromatic carbocycles. The number of aliphatic hydroxyl groups is 1. The minimum atomic E-state index is -1.60. The first-order valence-electron chi connectivity index (χ1n) is 11.5. The van der Waals surface area contributed by atoms with Gasteiger partial charge in [-0.2, -0.15) is 0 Å². The Bertz CT molecular complexity index is 1100. The molecule has 0 radical (unpaired) electrons. The molecule has 1 aliphatic heterocycles. The van der Waals surface area contributed by atoms with Gasteiger partial charge in [-0.05, 0) is 57.0 Å². The van der Waals surface area contributed by atoms with Crippen molar-refractivity contribution in [2.45, 2.75) is 50.9 Å². The molecule has 3 atom stereocenters. The van der Waals surface area contributed by atoms with Crippen LogP contribution in [0.5, 0.6) is 0 Å². The van der Waals surface area contributed by atoms with Gasteiger partial charge in [-0.3, -0.25) is 14.4 Å². The van der Waals surface area contributed by atoms with E-state index >= 15 is 0 Å². The van der Waals surface area contributed by atoms with Crippen LogP contribution in [0.3, 0.4) is 0 Å². The predicted molar refractivity (Wildman–Crippen MR) is 137 cm³/mol. The van der Waals surface area contributed by atoms with Crippen LogP contribution in [-0.2, 0) is 16.0 Å². The van der Waals surface area contributed by atoms with E-state index in [9.17, 15) is 24.3 Å². The first-order valence-corrected chi connectivity index (χ1v) is 12.7. The van der Waals surface area contributed by atoms with Gasteiger partial charge in [-0.1, -0.05) is 30.3 Å². The molecule has 0 aliphatic carbocycles. The second-order valence-electron chi connectivity index (χ2n) is 9.66. The lowest BCUT2D eigenvalue weighted by Gasteiger charge is -2.31. The third kappa shape index (κ3) is 7.08. The van der Waals surface area contributed by atoms with Crippen LogP contribution in [0.25, 0.3) is 0 Å². The van der Waals surface area contributed by atoms with Crippen molar-refractivity contribution in [2.24, 2.45) is 0 Å². The molecule has 9 nitrogen and oxygen atoms in total. The number of nitrogens with one attached hydrogen (secondary N) is 2. The summed E-state index contributed by atoms with van der Waals surface area (Å²) in [6.45, 7) is 5.55. The Labute approximate surface area is 214 Å². The SMILES string of the molecule is CC(C)(C)NC(=O)[C@@H]1CSCN1C(=O)[C@@H](O)[C@H](Cc1ccccc1)NC(=O)c1ccc(C(=O)O)cc1. The van der Waals surface area contributed by atoms with Gasteiger partial charge in [-0.25, -0.2) is 4.79 Å². The number of aliphatic hydroxyl groups excluding tert-OH is 1. The fourth-order valence-electron chi connectivity index (χ4n) is 3.80. The molecular weight excluding hydrogens is 482 g/mol. The number of hydrogen-bond acceptors (Lipinski definition) is 6. The van der Waals surface area contributed by atoms with E-state index in [1.165, 1.54) is 40.9 Å². The molecule has 3 amide bonds. The Morgan fingerprint density at radius 3 is 2.22 bits per heavy atom. The number of carboxylic acid groups (broad SMARTS) is 1. The maximum atomic E-state index is 13.4. The Morgan fingerprint density at radius 2 is 1.64 bits per heavy atom. The summed E-state index contributed by atoms with van der Waals surface area (Å²) in [5.74, 6) is -1.95. The van der Waals surface area contributed by atoms with Gasteiger partial charge in [0.1, 0.15) is 6.04 Å². The van der Waals surface area contributed by atoms with Crippen molar-refractivity contribution in [3.63, 3.8) is 0 Å². The number of amides is 3. The average Bonchev–Trinajstić information content (AvgIpc) is 3.32. The van der Waals surface area contributed by atoms with Crippen molar-refractivity contribution < 1.29 is 29.4 Å². The molecule has 4 N–H and O–H groups in total. The van der Waals surface area contributed by atoms with E-state index in [4.69, 9.17) is 5.11 Å². The number of benzene rings is 2. The van der Waals surface area contributed by atoms with Crippen LogP contribution < -0.4 is 10.6 Å². The molecule has 36 heavy (non-hydrogen) atoms. The molecule has 1 fully saturated rings. The van der Waals surface area contributed by atoms with Crippen molar-refractivity contribution >= 4 is 35.5 Å². The lowest BCUT2D eigenvalue weighted by Crippen LogP contribution is -2.57. The van der Waals surface area contributed by atoms with Crippen LogP contribution in [0.4, 0.5) is 0 Å². The Kier molecular flexibility index (Phi) is 8.75. The minimum absolute atomic E-state index is 0.0358. The number of carboxylic acids is 1. The molecule has 0 saturated carbocycles. The average molecular weight is 514 g/mol. The number of rotatable bonds is 8. The standard InChI is InChI=1S/C26H31N3O6S/c1-26(2,3)28-23(32)20-14-36-15-29(20)24(33)21(30)19(13-16-7-5-4-6-8-16)27-22(31)17-9-11-18(12-10-17)25(34)35/h4-12,19-21,30H,13-15H2,1-3H3,(H,27,31)(H,28,32)(H,34,35)/t19-,20-,21-/m0/s1. The van der Waals surface area contributed by atoms with Crippen LogP contribution in [-0.4, -0.2) is 74.2 Å². The fourth-order valence-corrected chi connectivity index (χ4v) is 4.96. The van der Waals surface area contributed by atoms with Gasteiger partial charge in [0.05, 0.1) is 17.5 Å². The summed E-state index contributed by atoms with van der Waals surface area (Å²) in [4.78, 5) is 51.5. The highest BCUT2D eigenvalue weighted by Gasteiger charge is 2.40. The van der Waals surface area contributed by atoms with Crippen molar-refractivity contribution in [3.8, 4) is 0 Å². The Balaban J connectivity index is 1.80. The minimum Gasteiger partial charge on any atom is -0.478 e. The molecule has 10 heteroatoms. The number of nitrogens with zero attached hydrogens (tertiary/aromatic N) is 1. The quantitative estimate of drug-likeness (QED) is 0.423. The largest absolute Gasteiger partial charge is 0.478 e. The molecule has 1 aliphatic rings. The van der Waals surface area contributed by atoms with Crippen LogP contribution in [0.15, 0.2) is 54.6 Å². The molecule has 0 aromatic heterocycles. The number of thioether (sulfide) groups is 1. The van der Waals surface area contributed by atoms with E-state index in [1.54, 1.807) is 0 Å². The summed E-state index contributed by atoms with van der Waals surface area (Å²) in [5.41, 5.74) is 0.553. The number of carbonyl (C=O) groups is 4. The molecule has 1 saturated heterocycles. The maximum absolute atomic E-state index is 13.4. The maximum Gasteiger partial charge on any atom is 0.335 e. The summed E-state index contributed by atoms with van der Waals surface area (Å²) in [7, 11) is 0. The van der Waals surface area contributed by atoms with E-state index < -0.39 is 41.5 Å². The van der Waals surface area contributed by atoms with Gasteiger partial charge >= 0.3 is 5.97 Å². The van der Waals surface area contributed by atoms with E-state index in [2.05, 4.69) is 10.6 Å². The normalized spacial score (nSPS) is 17.2. The zero-order chi connectivity index (χ0) is 26.5. The van der Waals surface area contributed by atoms with Crippen molar-refractivity contribution in [2.75, 3.05) is 11.6 Å². The van der Waals surface area contributed by atoms with Gasteiger partial charge in [-0.15, -0.1) is 11.8 Å². The van der Waals surface area contributed by atoms with Gasteiger partial charge in [0.2, 0.25) is 5.91 Å². The van der Waals surface area contributed by atoms with Crippen LogP contribution in [0, 0.1) is 0 Å². The van der Waals surface area contributed by atoms with Crippen LogP contribution in [0.2, 0.25) is 0 Å². The summed E-state index contributed by atoms with van der Waals surface area (Å²) < 4.78 is 0. The lowest BCUT2D eigenvalue weighted by molar-refractivity contribution is -0.146. The van der Waals surface area contributed by atoms with Gasteiger partial charge in [0, 0.05) is 16.9 Å². The summed E-state index contributed by atoms with van der Waals surface area (Å²) in [6.07, 6.45) is -1.43. The summed E-state index contributed by atoms with van der Waals surface area (Å²) in [6, 6.07) is 12.8. The highest BCUT2D eigenvalue weighted by Crippen LogP contribution is 2.24.